The lowest BCUT2D eigenvalue weighted by Crippen LogP contribution is -2.37. The third-order valence-electron chi connectivity index (χ3n) is 3.68. The summed E-state index contributed by atoms with van der Waals surface area (Å²) >= 11 is 0. The van der Waals surface area contributed by atoms with Crippen molar-refractivity contribution in [1.82, 2.24) is 0 Å². The van der Waals surface area contributed by atoms with E-state index in [4.69, 9.17) is 0 Å². The zero-order chi connectivity index (χ0) is 14.9. The molecule has 1 saturated heterocycles. The van der Waals surface area contributed by atoms with Crippen LogP contribution in [0.2, 0.25) is 0 Å². The molecule has 7 heteroatoms. The lowest BCUT2D eigenvalue weighted by atomic mass is 10.0. The Bertz CT molecular complexity index is 627. The molecule has 110 valence electrons. The summed E-state index contributed by atoms with van der Waals surface area (Å²) < 4.78 is 23.0. The smallest absolute Gasteiger partial charge is 0.293 e. The zero-order valence-electron chi connectivity index (χ0n) is 11.6. The van der Waals surface area contributed by atoms with Gasteiger partial charge in [0.2, 0.25) is 0 Å². The molecule has 1 fully saturated rings. The van der Waals surface area contributed by atoms with E-state index in [1.807, 2.05) is 11.8 Å². The Kier molecular flexibility index (Phi) is 3.99. The minimum atomic E-state index is -3.44. The summed E-state index contributed by atoms with van der Waals surface area (Å²) in [5, 5.41) is 11.2. The molecule has 0 N–H and O–H groups in total. The van der Waals surface area contributed by atoms with Crippen molar-refractivity contribution in [3.8, 4) is 0 Å². The van der Waals surface area contributed by atoms with Gasteiger partial charge >= 0.3 is 0 Å². The molecule has 20 heavy (non-hydrogen) atoms. The standard InChI is InChI=1S/C13H18N2O4S/c1-10-5-3-4-8-14(10)12-7-6-11(20(2,18)19)9-13(12)15(16)17/h6-7,9-10H,3-5,8H2,1-2H3/t10-/m1/s1. The van der Waals surface area contributed by atoms with Gasteiger partial charge in [-0.05, 0) is 38.3 Å². The van der Waals surface area contributed by atoms with Crippen LogP contribution < -0.4 is 4.90 Å². The van der Waals surface area contributed by atoms with E-state index >= 15 is 0 Å². The van der Waals surface area contributed by atoms with Gasteiger partial charge in [-0.2, -0.15) is 0 Å². The number of rotatable bonds is 3. The topological polar surface area (TPSA) is 80.5 Å². The van der Waals surface area contributed by atoms with E-state index in [9.17, 15) is 18.5 Å². The SMILES string of the molecule is C[C@@H]1CCCCN1c1ccc(S(C)(=O)=O)cc1[N+](=O)[O-]. The lowest BCUT2D eigenvalue weighted by molar-refractivity contribution is -0.384. The highest BCUT2D eigenvalue weighted by molar-refractivity contribution is 7.90. The molecule has 1 aromatic rings. The Labute approximate surface area is 118 Å². The van der Waals surface area contributed by atoms with Crippen LogP contribution in [0, 0.1) is 10.1 Å². The van der Waals surface area contributed by atoms with Gasteiger partial charge in [0.1, 0.15) is 5.69 Å². The van der Waals surface area contributed by atoms with Crippen molar-refractivity contribution in [3.63, 3.8) is 0 Å². The minimum absolute atomic E-state index is 0.0161. The molecule has 6 nitrogen and oxygen atoms in total. The lowest BCUT2D eigenvalue weighted by Gasteiger charge is -2.35. The van der Waals surface area contributed by atoms with Crippen LogP contribution >= 0.6 is 0 Å². The molecule has 0 bridgehead atoms. The van der Waals surface area contributed by atoms with Crippen LogP contribution in [0.4, 0.5) is 11.4 Å². The van der Waals surface area contributed by atoms with Gasteiger partial charge < -0.3 is 4.90 Å². The summed E-state index contributed by atoms with van der Waals surface area (Å²) in [7, 11) is -3.44. The molecule has 1 heterocycles. The average Bonchev–Trinajstić information content (AvgIpc) is 2.37. The summed E-state index contributed by atoms with van der Waals surface area (Å²) in [5.74, 6) is 0. The maximum atomic E-state index is 11.5. The van der Waals surface area contributed by atoms with Crippen LogP contribution in [0.25, 0.3) is 0 Å². The summed E-state index contributed by atoms with van der Waals surface area (Å²) in [6.07, 6.45) is 4.16. The van der Waals surface area contributed by atoms with Gasteiger partial charge in [0.25, 0.3) is 5.69 Å². The highest BCUT2D eigenvalue weighted by Gasteiger charge is 2.26. The molecule has 0 unspecified atom stereocenters. The van der Waals surface area contributed by atoms with Crippen LogP contribution in [0.15, 0.2) is 23.1 Å². The number of hydrogen-bond donors (Lipinski definition) is 0. The van der Waals surface area contributed by atoms with Crippen LogP contribution in [0.3, 0.4) is 0 Å². The van der Waals surface area contributed by atoms with Gasteiger partial charge in [-0.1, -0.05) is 0 Å². The van der Waals surface area contributed by atoms with E-state index < -0.39 is 14.8 Å². The van der Waals surface area contributed by atoms with E-state index in [0.717, 1.165) is 38.1 Å². The number of benzene rings is 1. The fraction of sp³-hybridized carbons (Fsp3) is 0.538. The van der Waals surface area contributed by atoms with E-state index in [0.29, 0.717) is 5.69 Å². The molecule has 1 aromatic carbocycles. The van der Waals surface area contributed by atoms with Crippen molar-refractivity contribution < 1.29 is 13.3 Å². The number of sulfone groups is 1. The minimum Gasteiger partial charge on any atom is -0.363 e. The molecule has 0 aliphatic carbocycles. The second kappa shape index (κ2) is 5.40. The van der Waals surface area contributed by atoms with E-state index in [-0.39, 0.29) is 16.6 Å². The van der Waals surface area contributed by atoms with Crippen LogP contribution in [0.1, 0.15) is 26.2 Å². The summed E-state index contributed by atoms with van der Waals surface area (Å²) in [4.78, 5) is 12.7. The molecule has 1 atom stereocenters. The Hall–Kier alpha value is -1.63. The van der Waals surface area contributed by atoms with Gasteiger partial charge in [-0.15, -0.1) is 0 Å². The normalized spacial score (nSPS) is 19.9. The van der Waals surface area contributed by atoms with Crippen LogP contribution in [-0.4, -0.2) is 32.2 Å². The molecule has 1 aliphatic rings. The Morgan fingerprint density at radius 3 is 2.60 bits per heavy atom. The molecule has 0 spiro atoms. The zero-order valence-corrected chi connectivity index (χ0v) is 12.4. The molecule has 2 rings (SSSR count). The van der Waals surface area contributed by atoms with Gasteiger partial charge in [-0.3, -0.25) is 10.1 Å². The molecular formula is C13H18N2O4S. The second-order valence-electron chi connectivity index (χ2n) is 5.22. The first-order chi connectivity index (χ1) is 9.30. The number of piperidine rings is 1. The summed E-state index contributed by atoms with van der Waals surface area (Å²) in [6.45, 7) is 2.80. The van der Waals surface area contributed by atoms with Gasteiger partial charge in [-0.25, -0.2) is 8.42 Å². The van der Waals surface area contributed by atoms with Crippen molar-refractivity contribution in [2.75, 3.05) is 17.7 Å². The molecule has 0 amide bonds. The first kappa shape index (κ1) is 14.8. The predicted molar refractivity (Wildman–Crippen MR) is 76.9 cm³/mol. The maximum Gasteiger partial charge on any atom is 0.293 e. The van der Waals surface area contributed by atoms with E-state index in [1.165, 1.54) is 6.07 Å². The van der Waals surface area contributed by atoms with Crippen molar-refractivity contribution in [3.05, 3.63) is 28.3 Å². The number of nitro benzene ring substituents is 1. The third kappa shape index (κ3) is 2.92. The fourth-order valence-electron chi connectivity index (χ4n) is 2.58. The number of nitrogens with zero attached hydrogens (tertiary/aromatic N) is 2. The first-order valence-corrected chi connectivity index (χ1v) is 8.45. The molecular weight excluding hydrogens is 280 g/mol. The molecule has 0 saturated carbocycles. The van der Waals surface area contributed by atoms with Crippen molar-refractivity contribution in [1.29, 1.82) is 0 Å². The predicted octanol–water partition coefficient (Wildman–Crippen LogP) is 2.38. The summed E-state index contributed by atoms with van der Waals surface area (Å²) in [6, 6.07) is 4.38. The van der Waals surface area contributed by atoms with Crippen molar-refractivity contribution in [2.45, 2.75) is 37.1 Å². The molecule has 0 radical (unpaired) electrons. The number of anilines is 1. The van der Waals surface area contributed by atoms with Gasteiger partial charge in [0.15, 0.2) is 9.84 Å². The molecule has 0 aromatic heterocycles. The van der Waals surface area contributed by atoms with Gasteiger partial charge in [0.05, 0.1) is 9.82 Å². The van der Waals surface area contributed by atoms with Gasteiger partial charge in [0, 0.05) is 24.9 Å². The first-order valence-electron chi connectivity index (χ1n) is 6.56. The van der Waals surface area contributed by atoms with E-state index in [1.54, 1.807) is 6.07 Å². The maximum absolute atomic E-state index is 11.5. The third-order valence-corrected chi connectivity index (χ3v) is 4.79. The van der Waals surface area contributed by atoms with Crippen molar-refractivity contribution in [2.24, 2.45) is 0 Å². The Balaban J connectivity index is 2.50. The average molecular weight is 298 g/mol. The second-order valence-corrected chi connectivity index (χ2v) is 7.23. The largest absolute Gasteiger partial charge is 0.363 e. The Morgan fingerprint density at radius 2 is 2.05 bits per heavy atom. The van der Waals surface area contributed by atoms with Crippen LogP contribution in [-0.2, 0) is 9.84 Å². The highest BCUT2D eigenvalue weighted by Crippen LogP contribution is 2.34. The highest BCUT2D eigenvalue weighted by atomic mass is 32.2. The Morgan fingerprint density at radius 1 is 1.35 bits per heavy atom. The summed E-state index contributed by atoms with van der Waals surface area (Å²) in [5.41, 5.74) is 0.372. The van der Waals surface area contributed by atoms with Crippen molar-refractivity contribution >= 4 is 21.2 Å². The number of nitro groups is 1. The number of hydrogen-bond acceptors (Lipinski definition) is 5. The quantitative estimate of drug-likeness (QED) is 0.632. The van der Waals surface area contributed by atoms with Crippen LogP contribution in [0.5, 0.6) is 0 Å². The molecule has 1 aliphatic heterocycles. The van der Waals surface area contributed by atoms with E-state index in [2.05, 4.69) is 0 Å². The fourth-order valence-corrected chi connectivity index (χ4v) is 3.22. The monoisotopic (exact) mass is 298 g/mol.